The summed E-state index contributed by atoms with van der Waals surface area (Å²) in [5, 5.41) is 10.5. The molecule has 0 aliphatic carbocycles. The first-order valence-corrected chi connectivity index (χ1v) is 5.99. The average Bonchev–Trinajstić information content (AvgIpc) is 2.35. The Hall–Kier alpha value is -2.28. The summed E-state index contributed by atoms with van der Waals surface area (Å²) in [7, 11) is 1.44. The zero-order chi connectivity index (χ0) is 14.2. The summed E-state index contributed by atoms with van der Waals surface area (Å²) < 4.78 is 19.1. The molecule has 0 saturated heterocycles. The van der Waals surface area contributed by atoms with Crippen LogP contribution < -0.4 is 10.5 Å². The van der Waals surface area contributed by atoms with E-state index in [4.69, 9.17) is 15.7 Å². The van der Waals surface area contributed by atoms with Crippen LogP contribution in [0.25, 0.3) is 10.8 Å². The third kappa shape index (κ3) is 2.08. The van der Waals surface area contributed by atoms with E-state index in [1.165, 1.54) is 13.2 Å². The Labute approximate surface area is 111 Å². The first-order chi connectivity index (χ1) is 8.99. The molecule has 3 nitrogen and oxygen atoms in total. The summed E-state index contributed by atoms with van der Waals surface area (Å²) in [6, 6.07) is 6.72. The quantitative estimate of drug-likeness (QED) is 0.838. The molecule has 2 N–H and O–H groups in total. The van der Waals surface area contributed by atoms with Crippen molar-refractivity contribution in [3.63, 3.8) is 0 Å². The standard InChI is InChI=1S/C15H15FN2O/c1-8(2)11-6-10(18)4-9-5-13(16)12(7-17)15(19-3)14(9)11/h4-6,8H,18H2,1-3H3. The van der Waals surface area contributed by atoms with E-state index in [-0.39, 0.29) is 17.2 Å². The predicted octanol–water partition coefficient (Wildman–Crippen LogP) is 3.56. The second-order valence-electron chi connectivity index (χ2n) is 4.74. The predicted molar refractivity (Wildman–Crippen MR) is 73.7 cm³/mol. The van der Waals surface area contributed by atoms with Gasteiger partial charge < -0.3 is 10.5 Å². The molecule has 0 unspecified atom stereocenters. The van der Waals surface area contributed by atoms with Crippen LogP contribution in [0.1, 0.15) is 30.9 Å². The molecule has 0 aliphatic heterocycles. The van der Waals surface area contributed by atoms with Crippen LogP contribution in [0.15, 0.2) is 18.2 Å². The number of benzene rings is 2. The van der Waals surface area contributed by atoms with E-state index < -0.39 is 5.82 Å². The highest BCUT2D eigenvalue weighted by Gasteiger charge is 2.18. The molecule has 0 fully saturated rings. The normalized spacial score (nSPS) is 10.7. The first kappa shape index (κ1) is 13.2. The summed E-state index contributed by atoms with van der Waals surface area (Å²) in [4.78, 5) is 0. The fourth-order valence-electron chi connectivity index (χ4n) is 2.29. The fourth-order valence-corrected chi connectivity index (χ4v) is 2.29. The summed E-state index contributed by atoms with van der Waals surface area (Å²) in [5.41, 5.74) is 7.30. The number of nitrogens with zero attached hydrogens (tertiary/aromatic N) is 1. The summed E-state index contributed by atoms with van der Waals surface area (Å²) >= 11 is 0. The minimum absolute atomic E-state index is 0.0679. The van der Waals surface area contributed by atoms with Crippen molar-refractivity contribution >= 4 is 16.5 Å². The molecule has 0 atom stereocenters. The maximum atomic E-state index is 13.9. The first-order valence-electron chi connectivity index (χ1n) is 5.99. The van der Waals surface area contributed by atoms with Crippen molar-refractivity contribution < 1.29 is 9.13 Å². The third-order valence-corrected chi connectivity index (χ3v) is 3.13. The number of methoxy groups -OCH3 is 1. The van der Waals surface area contributed by atoms with Gasteiger partial charge in [-0.15, -0.1) is 0 Å². The number of fused-ring (bicyclic) bond motifs is 1. The Kier molecular flexibility index (Phi) is 3.30. The van der Waals surface area contributed by atoms with Crippen LogP contribution in [0.2, 0.25) is 0 Å². The van der Waals surface area contributed by atoms with E-state index in [1.807, 2.05) is 26.0 Å². The molecular weight excluding hydrogens is 243 g/mol. The lowest BCUT2D eigenvalue weighted by atomic mass is 9.93. The number of ether oxygens (including phenoxy) is 1. The topological polar surface area (TPSA) is 59.0 Å². The van der Waals surface area contributed by atoms with Crippen molar-refractivity contribution in [2.24, 2.45) is 0 Å². The van der Waals surface area contributed by atoms with Crippen molar-refractivity contribution in [3.8, 4) is 11.8 Å². The highest BCUT2D eigenvalue weighted by Crippen LogP contribution is 2.38. The van der Waals surface area contributed by atoms with Gasteiger partial charge in [0.15, 0.2) is 0 Å². The van der Waals surface area contributed by atoms with E-state index in [2.05, 4.69) is 0 Å². The van der Waals surface area contributed by atoms with Crippen molar-refractivity contribution in [2.75, 3.05) is 12.8 Å². The van der Waals surface area contributed by atoms with Crippen LogP contribution in [0.3, 0.4) is 0 Å². The molecular formula is C15H15FN2O. The number of rotatable bonds is 2. The molecule has 0 heterocycles. The summed E-state index contributed by atoms with van der Waals surface area (Å²) in [6.07, 6.45) is 0. The minimum Gasteiger partial charge on any atom is -0.495 e. The van der Waals surface area contributed by atoms with Gasteiger partial charge in [0.1, 0.15) is 23.2 Å². The van der Waals surface area contributed by atoms with E-state index in [0.29, 0.717) is 11.1 Å². The Morgan fingerprint density at radius 3 is 2.53 bits per heavy atom. The molecule has 0 bridgehead atoms. The number of halogens is 1. The van der Waals surface area contributed by atoms with Crippen LogP contribution in [0.5, 0.6) is 5.75 Å². The van der Waals surface area contributed by atoms with Crippen LogP contribution in [-0.2, 0) is 0 Å². The fraction of sp³-hybridized carbons (Fsp3) is 0.267. The summed E-state index contributed by atoms with van der Waals surface area (Å²) in [5.74, 6) is -0.120. The van der Waals surface area contributed by atoms with Gasteiger partial charge in [-0.1, -0.05) is 13.8 Å². The maximum absolute atomic E-state index is 13.9. The zero-order valence-corrected chi connectivity index (χ0v) is 11.1. The Morgan fingerprint density at radius 2 is 2.00 bits per heavy atom. The SMILES string of the molecule is COc1c(C#N)c(F)cc2cc(N)cc(C(C)C)c12. The second kappa shape index (κ2) is 4.77. The minimum atomic E-state index is -0.591. The largest absolute Gasteiger partial charge is 0.495 e. The van der Waals surface area contributed by atoms with E-state index in [0.717, 1.165) is 10.9 Å². The Morgan fingerprint density at radius 1 is 1.32 bits per heavy atom. The Bertz CT molecular complexity index is 687. The molecule has 2 aromatic carbocycles. The Balaban J connectivity index is 3.01. The van der Waals surface area contributed by atoms with Crippen LogP contribution in [-0.4, -0.2) is 7.11 Å². The summed E-state index contributed by atoms with van der Waals surface area (Å²) in [6.45, 7) is 4.03. The number of nitriles is 1. The highest BCUT2D eigenvalue weighted by molar-refractivity contribution is 5.96. The van der Waals surface area contributed by atoms with Crippen LogP contribution in [0, 0.1) is 17.1 Å². The van der Waals surface area contributed by atoms with E-state index in [9.17, 15) is 4.39 Å². The molecule has 0 amide bonds. The number of hydrogen-bond donors (Lipinski definition) is 1. The van der Waals surface area contributed by atoms with Gasteiger partial charge in [-0.05, 0) is 35.1 Å². The number of nitrogen functional groups attached to an aromatic ring is 1. The lowest BCUT2D eigenvalue weighted by molar-refractivity contribution is 0.414. The number of hydrogen-bond acceptors (Lipinski definition) is 3. The van der Waals surface area contributed by atoms with E-state index >= 15 is 0 Å². The molecule has 0 aromatic heterocycles. The molecule has 19 heavy (non-hydrogen) atoms. The molecule has 0 radical (unpaired) electrons. The van der Waals surface area contributed by atoms with Gasteiger partial charge >= 0.3 is 0 Å². The molecule has 0 spiro atoms. The number of nitrogens with two attached hydrogens (primary N) is 1. The smallest absolute Gasteiger partial charge is 0.147 e. The van der Waals surface area contributed by atoms with Gasteiger partial charge in [-0.2, -0.15) is 5.26 Å². The lowest BCUT2D eigenvalue weighted by Gasteiger charge is -2.16. The molecule has 2 rings (SSSR count). The third-order valence-electron chi connectivity index (χ3n) is 3.13. The van der Waals surface area contributed by atoms with Gasteiger partial charge in [0.25, 0.3) is 0 Å². The molecule has 98 valence electrons. The van der Waals surface area contributed by atoms with Crippen LogP contribution in [0.4, 0.5) is 10.1 Å². The number of anilines is 1. The van der Waals surface area contributed by atoms with Crippen molar-refractivity contribution in [1.82, 2.24) is 0 Å². The van der Waals surface area contributed by atoms with Gasteiger partial charge in [-0.3, -0.25) is 0 Å². The van der Waals surface area contributed by atoms with E-state index in [1.54, 1.807) is 6.07 Å². The average molecular weight is 258 g/mol. The van der Waals surface area contributed by atoms with Crippen molar-refractivity contribution in [2.45, 2.75) is 19.8 Å². The van der Waals surface area contributed by atoms with Gasteiger partial charge in [0.2, 0.25) is 0 Å². The molecule has 0 saturated carbocycles. The van der Waals surface area contributed by atoms with Gasteiger partial charge in [-0.25, -0.2) is 4.39 Å². The van der Waals surface area contributed by atoms with Crippen molar-refractivity contribution in [3.05, 3.63) is 35.1 Å². The maximum Gasteiger partial charge on any atom is 0.147 e. The molecule has 4 heteroatoms. The highest BCUT2D eigenvalue weighted by atomic mass is 19.1. The van der Waals surface area contributed by atoms with Crippen LogP contribution >= 0.6 is 0 Å². The molecule has 2 aromatic rings. The van der Waals surface area contributed by atoms with Crippen molar-refractivity contribution in [1.29, 1.82) is 5.26 Å². The van der Waals surface area contributed by atoms with Gasteiger partial charge in [0, 0.05) is 11.1 Å². The zero-order valence-electron chi connectivity index (χ0n) is 11.1. The lowest BCUT2D eigenvalue weighted by Crippen LogP contribution is -2.00. The monoisotopic (exact) mass is 258 g/mol. The molecule has 0 aliphatic rings. The van der Waals surface area contributed by atoms with Gasteiger partial charge in [0.05, 0.1) is 7.11 Å². The second-order valence-corrected chi connectivity index (χ2v) is 4.74.